The normalized spacial score (nSPS) is 12.2. The summed E-state index contributed by atoms with van der Waals surface area (Å²) in [7, 11) is 0. The predicted octanol–water partition coefficient (Wildman–Crippen LogP) is 1.69. The molecule has 0 aliphatic heterocycles. The first-order chi connectivity index (χ1) is 4.42. The number of carbonyl (C=O) groups excluding carboxylic acids is 1. The van der Waals surface area contributed by atoms with Crippen molar-refractivity contribution >= 4 is 17.4 Å². The second-order valence-corrected chi connectivity index (χ2v) is 1.75. The average molecular weight is 179 g/mol. The van der Waals surface area contributed by atoms with E-state index in [1.165, 1.54) is 0 Å². The van der Waals surface area contributed by atoms with Gasteiger partial charge < -0.3 is 0 Å². The Bertz CT molecular complexity index is 135. The number of hydrogen-bond donors (Lipinski definition) is 0. The quantitative estimate of drug-likeness (QED) is 0.475. The van der Waals surface area contributed by atoms with Crippen LogP contribution in [0.1, 0.15) is 0 Å². The van der Waals surface area contributed by atoms with E-state index in [1.807, 2.05) is 0 Å². The van der Waals surface area contributed by atoms with Crippen LogP contribution in [0.4, 0.5) is 17.6 Å². The van der Waals surface area contributed by atoms with Crippen LogP contribution in [0.3, 0.4) is 0 Å². The van der Waals surface area contributed by atoms with Crippen molar-refractivity contribution in [2.75, 3.05) is 5.88 Å². The fraction of sp³-hybridized carbons (Fsp3) is 0.750. The van der Waals surface area contributed by atoms with Gasteiger partial charge in [-0.15, -0.1) is 11.6 Å². The first kappa shape index (κ1) is 9.68. The largest absolute Gasteiger partial charge is 0.365 e. The van der Waals surface area contributed by atoms with Crippen molar-refractivity contribution in [2.24, 2.45) is 0 Å². The third-order valence-corrected chi connectivity index (χ3v) is 1.01. The smallest absolute Gasteiger partial charge is 0.291 e. The summed E-state index contributed by atoms with van der Waals surface area (Å²) >= 11 is 4.62. The van der Waals surface area contributed by atoms with Crippen LogP contribution in [-0.2, 0) is 4.79 Å². The maximum atomic E-state index is 11.8. The number of alkyl halides is 5. The van der Waals surface area contributed by atoms with Crippen molar-refractivity contribution in [3.63, 3.8) is 0 Å². The van der Waals surface area contributed by atoms with E-state index in [4.69, 9.17) is 0 Å². The maximum Gasteiger partial charge on any atom is 0.365 e. The summed E-state index contributed by atoms with van der Waals surface area (Å²) in [4.78, 5) is 9.91. The van der Waals surface area contributed by atoms with Crippen LogP contribution in [0.5, 0.6) is 0 Å². The van der Waals surface area contributed by atoms with Gasteiger partial charge in [0.2, 0.25) is 5.78 Å². The maximum absolute atomic E-state index is 11.8. The lowest BCUT2D eigenvalue weighted by atomic mass is 10.2. The molecule has 0 spiro atoms. The molecule has 0 fully saturated rings. The van der Waals surface area contributed by atoms with Gasteiger partial charge in [-0.05, 0) is 0 Å². The van der Waals surface area contributed by atoms with Gasteiger partial charge in [-0.3, -0.25) is 4.79 Å². The number of ketones is 1. The zero-order valence-corrected chi connectivity index (χ0v) is 5.34. The van der Waals surface area contributed by atoms with E-state index in [2.05, 4.69) is 11.6 Å². The molecule has 0 heterocycles. The molecule has 0 saturated heterocycles. The Kier molecular flexibility index (Phi) is 3.08. The Morgan fingerprint density at radius 3 is 2.00 bits per heavy atom. The van der Waals surface area contributed by atoms with Gasteiger partial charge in [0.15, 0.2) is 0 Å². The molecular formula is C4H3ClF4O. The molecule has 0 aromatic rings. The Labute approximate surface area is 59.0 Å². The van der Waals surface area contributed by atoms with Gasteiger partial charge in [0.05, 0.1) is 5.88 Å². The van der Waals surface area contributed by atoms with Gasteiger partial charge in [0, 0.05) is 0 Å². The van der Waals surface area contributed by atoms with E-state index < -0.39 is 24.0 Å². The standard InChI is InChI=1S/C4H3ClF4O/c5-1-2(10)4(8,9)3(6)7/h3H,1H2. The molecule has 0 unspecified atom stereocenters. The first-order valence-corrected chi connectivity index (χ1v) is 2.71. The highest BCUT2D eigenvalue weighted by Gasteiger charge is 2.47. The molecule has 0 N–H and O–H groups in total. The molecule has 0 aromatic heterocycles. The van der Waals surface area contributed by atoms with E-state index in [-0.39, 0.29) is 0 Å². The molecule has 0 aliphatic carbocycles. The van der Waals surface area contributed by atoms with Crippen molar-refractivity contribution in [3.05, 3.63) is 0 Å². The fourth-order valence-electron chi connectivity index (χ4n) is 0.211. The van der Waals surface area contributed by atoms with Gasteiger partial charge in [-0.2, -0.15) is 8.78 Å². The van der Waals surface area contributed by atoms with Gasteiger partial charge in [0.25, 0.3) is 0 Å². The summed E-state index contributed by atoms with van der Waals surface area (Å²) in [6, 6.07) is 0. The summed E-state index contributed by atoms with van der Waals surface area (Å²) in [5, 5.41) is 0. The minimum Gasteiger partial charge on any atom is -0.291 e. The van der Waals surface area contributed by atoms with Crippen molar-refractivity contribution in [1.29, 1.82) is 0 Å². The van der Waals surface area contributed by atoms with E-state index in [0.29, 0.717) is 0 Å². The van der Waals surface area contributed by atoms with E-state index in [1.54, 1.807) is 0 Å². The summed E-state index contributed by atoms with van der Waals surface area (Å²) in [5.41, 5.74) is 0. The molecular weight excluding hydrogens is 175 g/mol. The lowest BCUT2D eigenvalue weighted by Crippen LogP contribution is -2.37. The molecule has 0 aromatic carbocycles. The minimum atomic E-state index is -4.60. The summed E-state index contributed by atoms with van der Waals surface area (Å²) < 4.78 is 46.0. The second kappa shape index (κ2) is 3.18. The van der Waals surface area contributed by atoms with Crippen LogP contribution in [0.2, 0.25) is 0 Å². The highest BCUT2D eigenvalue weighted by atomic mass is 35.5. The van der Waals surface area contributed by atoms with E-state index in [0.717, 1.165) is 0 Å². The molecule has 6 heteroatoms. The van der Waals surface area contributed by atoms with Crippen LogP contribution in [0, 0.1) is 0 Å². The van der Waals surface area contributed by atoms with Crippen molar-refractivity contribution < 1.29 is 22.4 Å². The summed E-state index contributed by atoms with van der Waals surface area (Å²) in [6.07, 6.45) is -3.97. The van der Waals surface area contributed by atoms with Crippen molar-refractivity contribution in [2.45, 2.75) is 12.3 Å². The first-order valence-electron chi connectivity index (χ1n) is 2.18. The number of carbonyl (C=O) groups is 1. The van der Waals surface area contributed by atoms with Crippen LogP contribution in [-0.4, -0.2) is 24.0 Å². The molecule has 0 atom stereocenters. The third-order valence-electron chi connectivity index (χ3n) is 0.767. The minimum absolute atomic E-state index is 1.10. The van der Waals surface area contributed by atoms with Crippen molar-refractivity contribution in [1.82, 2.24) is 0 Å². The molecule has 0 bridgehead atoms. The molecule has 0 saturated carbocycles. The number of rotatable bonds is 3. The zero-order valence-electron chi connectivity index (χ0n) is 4.58. The Balaban J connectivity index is 4.24. The summed E-state index contributed by atoms with van der Waals surface area (Å²) in [5.74, 6) is -7.65. The average Bonchev–Trinajstić information content (AvgIpc) is 1.86. The fourth-order valence-corrected chi connectivity index (χ4v) is 0.389. The van der Waals surface area contributed by atoms with Crippen LogP contribution >= 0.6 is 11.6 Å². The SMILES string of the molecule is O=C(CCl)C(F)(F)C(F)F. The summed E-state index contributed by atoms with van der Waals surface area (Å²) in [6.45, 7) is 0. The second-order valence-electron chi connectivity index (χ2n) is 1.48. The molecule has 10 heavy (non-hydrogen) atoms. The number of Topliss-reactive ketones (excluding diaryl/α,β-unsaturated/α-hetero) is 1. The van der Waals surface area contributed by atoms with Crippen LogP contribution in [0.25, 0.3) is 0 Å². The molecule has 60 valence electrons. The van der Waals surface area contributed by atoms with Gasteiger partial charge in [-0.25, -0.2) is 8.78 Å². The third kappa shape index (κ3) is 1.83. The van der Waals surface area contributed by atoms with Gasteiger partial charge in [-0.1, -0.05) is 0 Å². The number of halogens is 5. The Hall–Kier alpha value is -0.320. The molecule has 0 radical (unpaired) electrons. The molecule has 0 amide bonds. The van der Waals surface area contributed by atoms with Crippen molar-refractivity contribution in [3.8, 4) is 0 Å². The van der Waals surface area contributed by atoms with E-state index >= 15 is 0 Å². The topological polar surface area (TPSA) is 17.1 Å². The Morgan fingerprint density at radius 2 is 1.90 bits per heavy atom. The Morgan fingerprint density at radius 1 is 1.50 bits per heavy atom. The lowest BCUT2D eigenvalue weighted by molar-refractivity contribution is -0.164. The van der Waals surface area contributed by atoms with Crippen LogP contribution < -0.4 is 0 Å². The number of hydrogen-bond acceptors (Lipinski definition) is 1. The van der Waals surface area contributed by atoms with Crippen LogP contribution in [0.15, 0.2) is 0 Å². The molecule has 1 nitrogen and oxygen atoms in total. The molecule has 0 aliphatic rings. The highest BCUT2D eigenvalue weighted by Crippen LogP contribution is 2.23. The lowest BCUT2D eigenvalue weighted by Gasteiger charge is -2.10. The highest BCUT2D eigenvalue weighted by molar-refractivity contribution is 6.28. The van der Waals surface area contributed by atoms with E-state index in [9.17, 15) is 22.4 Å². The zero-order chi connectivity index (χ0) is 8.36. The predicted molar refractivity (Wildman–Crippen MR) is 26.7 cm³/mol. The van der Waals surface area contributed by atoms with Gasteiger partial charge in [0.1, 0.15) is 0 Å². The monoisotopic (exact) mass is 178 g/mol. The van der Waals surface area contributed by atoms with Gasteiger partial charge >= 0.3 is 12.3 Å². The molecule has 0 rings (SSSR count).